The van der Waals surface area contributed by atoms with Gasteiger partial charge < -0.3 is 9.80 Å². The van der Waals surface area contributed by atoms with Crippen LogP contribution >= 0.6 is 0 Å². The molecule has 1 amide bonds. The third-order valence-electron chi connectivity index (χ3n) is 5.01. The van der Waals surface area contributed by atoms with E-state index in [0.29, 0.717) is 6.42 Å². The number of fused-ring (bicyclic) bond motifs is 1. The summed E-state index contributed by atoms with van der Waals surface area (Å²) >= 11 is 0. The summed E-state index contributed by atoms with van der Waals surface area (Å²) in [5.41, 5.74) is 4.87. The number of aryl methyl sites for hydroxylation is 2. The van der Waals surface area contributed by atoms with Gasteiger partial charge >= 0.3 is 0 Å². The second-order valence-electron chi connectivity index (χ2n) is 7.30. The van der Waals surface area contributed by atoms with Gasteiger partial charge in [0.05, 0.1) is 11.4 Å². The van der Waals surface area contributed by atoms with E-state index in [1.165, 1.54) is 6.07 Å². The Morgan fingerprint density at radius 1 is 1.22 bits per heavy atom. The number of anilines is 2. The summed E-state index contributed by atoms with van der Waals surface area (Å²) in [5.74, 6) is -0.0204. The highest BCUT2D eigenvalue weighted by molar-refractivity contribution is 7.89. The van der Waals surface area contributed by atoms with Gasteiger partial charge in [-0.2, -0.15) is 0 Å². The molecule has 2 N–H and O–H groups in total. The molecule has 0 aromatic heterocycles. The molecule has 0 spiro atoms. The number of nitrogens with two attached hydrogens (primary N) is 1. The molecule has 27 heavy (non-hydrogen) atoms. The van der Waals surface area contributed by atoms with Gasteiger partial charge in [0.2, 0.25) is 15.9 Å². The zero-order chi connectivity index (χ0) is 19.9. The first kappa shape index (κ1) is 19.4. The van der Waals surface area contributed by atoms with E-state index in [0.717, 1.165) is 28.1 Å². The van der Waals surface area contributed by atoms with Gasteiger partial charge in [-0.05, 0) is 68.1 Å². The monoisotopic (exact) mass is 387 g/mol. The summed E-state index contributed by atoms with van der Waals surface area (Å²) in [4.78, 5) is 16.8. The zero-order valence-corrected chi connectivity index (χ0v) is 16.9. The number of sulfonamides is 1. The van der Waals surface area contributed by atoms with Gasteiger partial charge in [0.15, 0.2) is 0 Å². The molecular formula is C20H25N3O3S. The van der Waals surface area contributed by atoms with E-state index < -0.39 is 10.0 Å². The Balaban J connectivity index is 1.85. The van der Waals surface area contributed by atoms with Crippen molar-refractivity contribution in [3.05, 3.63) is 53.1 Å². The van der Waals surface area contributed by atoms with E-state index in [-0.39, 0.29) is 23.4 Å². The molecule has 1 heterocycles. The molecule has 1 atom stereocenters. The number of amides is 1. The van der Waals surface area contributed by atoms with Crippen LogP contribution in [0.15, 0.2) is 41.3 Å². The lowest BCUT2D eigenvalue weighted by Gasteiger charge is -2.27. The predicted octanol–water partition coefficient (Wildman–Crippen LogP) is 2.36. The Hall–Kier alpha value is -2.38. The van der Waals surface area contributed by atoms with Crippen LogP contribution in [-0.4, -0.2) is 34.0 Å². The first-order chi connectivity index (χ1) is 12.6. The number of primary sulfonamides is 1. The molecule has 144 valence electrons. The van der Waals surface area contributed by atoms with Crippen molar-refractivity contribution in [1.29, 1.82) is 0 Å². The molecule has 0 unspecified atom stereocenters. The predicted molar refractivity (Wildman–Crippen MR) is 108 cm³/mol. The third-order valence-corrected chi connectivity index (χ3v) is 5.92. The standard InChI is InChI=1S/C20H25N3O3S/c1-13-5-6-14(2)19(9-13)22(4)12-20(24)23-15(3)10-16-11-17(27(21,25)26)7-8-18(16)23/h5-9,11,15H,10,12H2,1-4H3,(H2,21,25,26)/t15-/m1/s1. The summed E-state index contributed by atoms with van der Waals surface area (Å²) in [7, 11) is -1.85. The molecule has 7 heteroatoms. The molecule has 0 radical (unpaired) electrons. The summed E-state index contributed by atoms with van der Waals surface area (Å²) < 4.78 is 23.2. The smallest absolute Gasteiger partial charge is 0.246 e. The topological polar surface area (TPSA) is 83.7 Å². The molecule has 0 aliphatic carbocycles. The minimum Gasteiger partial charge on any atom is -0.365 e. The van der Waals surface area contributed by atoms with Crippen molar-refractivity contribution in [3.63, 3.8) is 0 Å². The minimum absolute atomic E-state index is 0.0204. The van der Waals surface area contributed by atoms with Crippen molar-refractivity contribution in [2.24, 2.45) is 5.14 Å². The Kier molecular flexibility index (Phi) is 5.01. The van der Waals surface area contributed by atoms with Gasteiger partial charge in [-0.1, -0.05) is 12.1 Å². The van der Waals surface area contributed by atoms with E-state index in [1.807, 2.05) is 38.8 Å². The summed E-state index contributed by atoms with van der Waals surface area (Å²) in [6.45, 7) is 6.26. The summed E-state index contributed by atoms with van der Waals surface area (Å²) in [6.07, 6.45) is 0.609. The van der Waals surface area contributed by atoms with Crippen LogP contribution in [0.3, 0.4) is 0 Å². The fourth-order valence-corrected chi connectivity index (χ4v) is 4.22. The number of rotatable bonds is 4. The molecule has 1 aliphatic rings. The van der Waals surface area contributed by atoms with Gasteiger partial charge in [-0.3, -0.25) is 4.79 Å². The Morgan fingerprint density at radius 3 is 2.59 bits per heavy atom. The van der Waals surface area contributed by atoms with E-state index in [2.05, 4.69) is 12.1 Å². The normalized spacial score (nSPS) is 16.3. The zero-order valence-electron chi connectivity index (χ0n) is 16.1. The molecular weight excluding hydrogens is 362 g/mol. The highest BCUT2D eigenvalue weighted by Crippen LogP contribution is 2.34. The second-order valence-corrected chi connectivity index (χ2v) is 8.86. The molecule has 0 bridgehead atoms. The van der Waals surface area contributed by atoms with Crippen molar-refractivity contribution < 1.29 is 13.2 Å². The fraction of sp³-hybridized carbons (Fsp3) is 0.350. The molecule has 3 rings (SSSR count). The molecule has 0 saturated carbocycles. The third kappa shape index (κ3) is 3.84. The maximum absolute atomic E-state index is 13.0. The van der Waals surface area contributed by atoms with Crippen LogP contribution in [0.2, 0.25) is 0 Å². The minimum atomic E-state index is -3.76. The molecule has 2 aromatic rings. The average Bonchev–Trinajstić information content (AvgIpc) is 2.91. The largest absolute Gasteiger partial charge is 0.365 e. The van der Waals surface area contributed by atoms with Gasteiger partial charge in [-0.25, -0.2) is 13.6 Å². The van der Waals surface area contributed by atoms with Crippen molar-refractivity contribution >= 4 is 27.3 Å². The van der Waals surface area contributed by atoms with Crippen LogP contribution in [0.1, 0.15) is 23.6 Å². The van der Waals surface area contributed by atoms with Crippen molar-refractivity contribution in [2.45, 2.75) is 38.1 Å². The second kappa shape index (κ2) is 6.98. The quantitative estimate of drug-likeness (QED) is 0.873. The van der Waals surface area contributed by atoms with Gasteiger partial charge in [0.25, 0.3) is 0 Å². The highest BCUT2D eigenvalue weighted by atomic mass is 32.2. The maximum atomic E-state index is 13.0. The molecule has 0 saturated heterocycles. The number of nitrogens with zero attached hydrogens (tertiary/aromatic N) is 2. The molecule has 6 nitrogen and oxygen atoms in total. The van der Waals surface area contributed by atoms with Crippen LogP contribution in [0.4, 0.5) is 11.4 Å². The lowest BCUT2D eigenvalue weighted by atomic mass is 10.1. The molecule has 0 fully saturated rings. The first-order valence-electron chi connectivity index (χ1n) is 8.84. The van der Waals surface area contributed by atoms with Crippen LogP contribution in [0.5, 0.6) is 0 Å². The van der Waals surface area contributed by atoms with Crippen LogP contribution in [0.25, 0.3) is 0 Å². The number of hydrogen-bond acceptors (Lipinski definition) is 4. The van der Waals surface area contributed by atoms with Crippen LogP contribution in [-0.2, 0) is 21.2 Å². The highest BCUT2D eigenvalue weighted by Gasteiger charge is 2.32. The average molecular weight is 388 g/mol. The number of likely N-dealkylation sites (N-methyl/N-ethyl adjacent to an activating group) is 1. The van der Waals surface area contributed by atoms with Crippen molar-refractivity contribution in [3.8, 4) is 0 Å². The van der Waals surface area contributed by atoms with E-state index in [1.54, 1.807) is 17.0 Å². The van der Waals surface area contributed by atoms with Crippen LogP contribution in [0, 0.1) is 13.8 Å². The number of carbonyl (C=O) groups is 1. The van der Waals surface area contributed by atoms with Crippen molar-refractivity contribution in [2.75, 3.05) is 23.4 Å². The van der Waals surface area contributed by atoms with Gasteiger partial charge in [0.1, 0.15) is 0 Å². The van der Waals surface area contributed by atoms with E-state index in [4.69, 9.17) is 5.14 Å². The van der Waals surface area contributed by atoms with Crippen LogP contribution < -0.4 is 14.9 Å². The lowest BCUT2D eigenvalue weighted by molar-refractivity contribution is -0.117. The van der Waals surface area contributed by atoms with Gasteiger partial charge in [-0.15, -0.1) is 0 Å². The number of carbonyl (C=O) groups excluding carboxylic acids is 1. The SMILES string of the molecule is Cc1ccc(C)c(N(C)CC(=O)N2c3ccc(S(N)(=O)=O)cc3C[C@H]2C)c1. The van der Waals surface area contributed by atoms with Gasteiger partial charge in [0, 0.05) is 24.5 Å². The molecule has 2 aromatic carbocycles. The Labute approximate surface area is 160 Å². The van der Waals surface area contributed by atoms with E-state index in [9.17, 15) is 13.2 Å². The lowest BCUT2D eigenvalue weighted by Crippen LogP contribution is -2.42. The van der Waals surface area contributed by atoms with E-state index >= 15 is 0 Å². The Bertz CT molecular complexity index is 1000. The molecule has 1 aliphatic heterocycles. The first-order valence-corrected chi connectivity index (χ1v) is 10.4. The summed E-state index contributed by atoms with van der Waals surface area (Å²) in [6, 6.07) is 10.8. The van der Waals surface area contributed by atoms with Crippen molar-refractivity contribution in [1.82, 2.24) is 0 Å². The fourth-order valence-electron chi connectivity index (χ4n) is 3.66. The summed E-state index contributed by atoms with van der Waals surface area (Å²) in [5, 5.41) is 5.22. The Morgan fingerprint density at radius 2 is 1.93 bits per heavy atom. The maximum Gasteiger partial charge on any atom is 0.246 e. The number of benzene rings is 2. The number of hydrogen-bond donors (Lipinski definition) is 1.